The summed E-state index contributed by atoms with van der Waals surface area (Å²) in [7, 11) is 0. The van der Waals surface area contributed by atoms with Gasteiger partial charge in [-0.2, -0.15) is 0 Å². The van der Waals surface area contributed by atoms with Gasteiger partial charge >= 0.3 is 0 Å². The molecule has 0 bridgehead atoms. The Balaban J connectivity index is 1.82. The Hall–Kier alpha value is -1.75. The zero-order chi connectivity index (χ0) is 13.7. The average Bonchev–Trinajstić information content (AvgIpc) is 2.38. The number of benzene rings is 1. The third-order valence-electron chi connectivity index (χ3n) is 2.71. The van der Waals surface area contributed by atoms with Crippen molar-refractivity contribution in [3.8, 4) is 5.75 Å². The fourth-order valence-corrected chi connectivity index (χ4v) is 1.78. The fourth-order valence-electron chi connectivity index (χ4n) is 1.78. The van der Waals surface area contributed by atoms with Crippen LogP contribution in [0.2, 0.25) is 0 Å². The number of hydrogen-bond acceptors (Lipinski definition) is 4. The van der Waals surface area contributed by atoms with Gasteiger partial charge in [-0.05, 0) is 32.4 Å². The monoisotopic (exact) mass is 263 g/mol. The average molecular weight is 263 g/mol. The van der Waals surface area contributed by atoms with E-state index in [4.69, 9.17) is 15.2 Å². The van der Waals surface area contributed by atoms with Crippen LogP contribution in [-0.2, 0) is 4.74 Å². The van der Waals surface area contributed by atoms with Crippen molar-refractivity contribution in [3.05, 3.63) is 18.2 Å². The van der Waals surface area contributed by atoms with Crippen LogP contribution in [0.1, 0.15) is 20.3 Å². The van der Waals surface area contributed by atoms with Crippen molar-refractivity contribution in [1.82, 2.24) is 0 Å². The minimum atomic E-state index is 0.279. The molecule has 0 aliphatic carbocycles. The zero-order valence-electron chi connectivity index (χ0n) is 11.5. The molecular formula is C14H21N3O2. The van der Waals surface area contributed by atoms with E-state index in [2.05, 4.69) is 10.3 Å². The highest BCUT2D eigenvalue weighted by molar-refractivity contribution is 5.99. The van der Waals surface area contributed by atoms with Crippen molar-refractivity contribution >= 4 is 17.2 Å². The number of nitrogen functional groups attached to an aromatic ring is 1. The Morgan fingerprint density at radius 3 is 3.11 bits per heavy atom. The summed E-state index contributed by atoms with van der Waals surface area (Å²) in [5, 5.41) is 3.25. The third kappa shape index (κ3) is 4.13. The van der Waals surface area contributed by atoms with Crippen LogP contribution in [0.5, 0.6) is 5.75 Å². The summed E-state index contributed by atoms with van der Waals surface area (Å²) in [4.78, 5) is 4.47. The number of amidine groups is 1. The lowest BCUT2D eigenvalue weighted by Crippen LogP contribution is -2.26. The summed E-state index contributed by atoms with van der Waals surface area (Å²) in [6, 6.07) is 5.56. The molecule has 1 aliphatic rings. The van der Waals surface area contributed by atoms with E-state index in [1.165, 1.54) is 0 Å². The molecule has 1 heterocycles. The van der Waals surface area contributed by atoms with E-state index in [9.17, 15) is 0 Å². The first-order chi connectivity index (χ1) is 9.15. The number of anilines is 2. The van der Waals surface area contributed by atoms with Crippen LogP contribution in [-0.4, -0.2) is 31.7 Å². The molecule has 0 radical (unpaired) electrons. The van der Waals surface area contributed by atoms with Crippen molar-refractivity contribution in [2.24, 2.45) is 4.99 Å². The molecule has 5 nitrogen and oxygen atoms in total. The van der Waals surface area contributed by atoms with Gasteiger partial charge in [-0.3, -0.25) is 4.99 Å². The smallest absolute Gasteiger partial charge is 0.146 e. The standard InChI is InChI=1S/C14H21N3O2/c1-10(2)18-7-3-6-16-14-9-19-13-8-11(15)4-5-12(13)17-14/h4-5,8,10H,3,6-7,9,15H2,1-2H3,(H,16,17). The number of nitrogens with two attached hydrogens (primary N) is 1. The Morgan fingerprint density at radius 1 is 1.47 bits per heavy atom. The molecule has 0 unspecified atom stereocenters. The lowest BCUT2D eigenvalue weighted by atomic mass is 10.2. The molecule has 0 saturated carbocycles. The van der Waals surface area contributed by atoms with E-state index in [0.717, 1.165) is 36.8 Å². The van der Waals surface area contributed by atoms with Crippen LogP contribution in [0.15, 0.2) is 23.2 Å². The number of fused-ring (bicyclic) bond motifs is 1. The van der Waals surface area contributed by atoms with Gasteiger partial charge in [0.05, 0.1) is 11.8 Å². The summed E-state index contributed by atoms with van der Waals surface area (Å²) in [5.74, 6) is 1.63. The Kier molecular flexibility index (Phi) is 4.63. The predicted molar refractivity (Wildman–Crippen MR) is 78.0 cm³/mol. The van der Waals surface area contributed by atoms with E-state index in [0.29, 0.717) is 12.3 Å². The summed E-state index contributed by atoms with van der Waals surface area (Å²) in [6.07, 6.45) is 1.19. The second-order valence-electron chi connectivity index (χ2n) is 4.77. The molecule has 1 aromatic rings. The zero-order valence-corrected chi connectivity index (χ0v) is 11.5. The van der Waals surface area contributed by atoms with Gasteiger partial charge < -0.3 is 20.5 Å². The van der Waals surface area contributed by atoms with Crippen LogP contribution in [0.3, 0.4) is 0 Å². The van der Waals surface area contributed by atoms with Crippen molar-refractivity contribution in [2.75, 3.05) is 30.8 Å². The second kappa shape index (κ2) is 6.43. The van der Waals surface area contributed by atoms with Crippen LogP contribution >= 0.6 is 0 Å². The first-order valence-corrected chi connectivity index (χ1v) is 6.59. The van der Waals surface area contributed by atoms with Gasteiger partial charge in [-0.1, -0.05) is 0 Å². The van der Waals surface area contributed by atoms with Crippen LogP contribution in [0, 0.1) is 0 Å². The molecule has 3 N–H and O–H groups in total. The molecule has 104 valence electrons. The molecule has 0 saturated heterocycles. The molecule has 0 atom stereocenters. The molecule has 2 rings (SSSR count). The Labute approximate surface area is 113 Å². The van der Waals surface area contributed by atoms with Crippen molar-refractivity contribution in [2.45, 2.75) is 26.4 Å². The third-order valence-corrected chi connectivity index (χ3v) is 2.71. The van der Waals surface area contributed by atoms with Crippen molar-refractivity contribution < 1.29 is 9.47 Å². The molecule has 0 spiro atoms. The maximum atomic E-state index is 5.70. The van der Waals surface area contributed by atoms with Gasteiger partial charge in [-0.15, -0.1) is 0 Å². The molecule has 19 heavy (non-hydrogen) atoms. The largest absolute Gasteiger partial charge is 0.483 e. The van der Waals surface area contributed by atoms with E-state index in [1.807, 2.05) is 32.0 Å². The van der Waals surface area contributed by atoms with Gasteiger partial charge in [0.15, 0.2) is 0 Å². The normalized spacial score (nSPS) is 16.1. The molecule has 5 heteroatoms. The fraction of sp³-hybridized carbons (Fsp3) is 0.500. The quantitative estimate of drug-likeness (QED) is 0.631. The maximum Gasteiger partial charge on any atom is 0.146 e. The lowest BCUT2D eigenvalue weighted by Gasteiger charge is -2.21. The molecule has 0 aromatic heterocycles. The lowest BCUT2D eigenvalue weighted by molar-refractivity contribution is 0.0782. The van der Waals surface area contributed by atoms with Crippen molar-refractivity contribution in [3.63, 3.8) is 0 Å². The number of ether oxygens (including phenoxy) is 2. The van der Waals surface area contributed by atoms with Gasteiger partial charge in [0, 0.05) is 24.9 Å². The second-order valence-corrected chi connectivity index (χ2v) is 4.77. The first-order valence-electron chi connectivity index (χ1n) is 6.59. The van der Waals surface area contributed by atoms with E-state index in [1.54, 1.807) is 0 Å². The summed E-state index contributed by atoms with van der Waals surface area (Å²) in [5.41, 5.74) is 7.32. The van der Waals surface area contributed by atoms with Crippen LogP contribution in [0.4, 0.5) is 11.4 Å². The highest BCUT2D eigenvalue weighted by Crippen LogP contribution is 2.29. The first kappa shape index (κ1) is 13.7. The minimum absolute atomic E-state index is 0.279. The van der Waals surface area contributed by atoms with Gasteiger partial charge in [-0.25, -0.2) is 0 Å². The Morgan fingerprint density at radius 2 is 2.32 bits per heavy atom. The summed E-state index contributed by atoms with van der Waals surface area (Å²) < 4.78 is 11.1. The molecule has 0 fully saturated rings. The van der Waals surface area contributed by atoms with Crippen molar-refractivity contribution in [1.29, 1.82) is 0 Å². The maximum absolute atomic E-state index is 5.70. The SMILES string of the molecule is CC(C)OCCCN=C1COc2cc(N)ccc2N1. The van der Waals surface area contributed by atoms with Crippen LogP contribution < -0.4 is 15.8 Å². The predicted octanol–water partition coefficient (Wildman–Crippen LogP) is 2.29. The highest BCUT2D eigenvalue weighted by Gasteiger charge is 2.13. The van der Waals surface area contributed by atoms with Gasteiger partial charge in [0.25, 0.3) is 0 Å². The van der Waals surface area contributed by atoms with Crippen LogP contribution in [0.25, 0.3) is 0 Å². The minimum Gasteiger partial charge on any atom is -0.483 e. The molecule has 1 aliphatic heterocycles. The van der Waals surface area contributed by atoms with E-state index >= 15 is 0 Å². The van der Waals surface area contributed by atoms with Gasteiger partial charge in [0.2, 0.25) is 0 Å². The number of nitrogens with zero attached hydrogens (tertiary/aromatic N) is 1. The molecule has 0 amide bonds. The summed E-state index contributed by atoms with van der Waals surface area (Å²) in [6.45, 7) is 6.00. The topological polar surface area (TPSA) is 68.9 Å². The van der Waals surface area contributed by atoms with Gasteiger partial charge in [0.1, 0.15) is 18.2 Å². The summed E-state index contributed by atoms with van der Waals surface area (Å²) >= 11 is 0. The molecule has 1 aromatic carbocycles. The number of hydrogen-bond donors (Lipinski definition) is 2. The number of rotatable bonds is 5. The molecular weight excluding hydrogens is 242 g/mol. The Bertz CT molecular complexity index is 458. The van der Waals surface area contributed by atoms with E-state index in [-0.39, 0.29) is 6.10 Å². The number of nitrogens with one attached hydrogen (secondary N) is 1. The number of aliphatic imine (C=N–C) groups is 1. The van der Waals surface area contributed by atoms with E-state index < -0.39 is 0 Å². The highest BCUT2D eigenvalue weighted by atomic mass is 16.5.